The Kier molecular flexibility index (Phi) is 1.61. The Hall–Kier alpha value is -0.780. The van der Waals surface area contributed by atoms with Crippen LogP contribution in [-0.2, 0) is 5.41 Å². The van der Waals surface area contributed by atoms with Crippen LogP contribution in [0.1, 0.15) is 38.8 Å². The molecular weight excluding hydrogens is 156 g/mol. The fourth-order valence-electron chi connectivity index (χ4n) is 1.97. The van der Waals surface area contributed by atoms with Gasteiger partial charge in [-0.05, 0) is 22.0 Å². The van der Waals surface area contributed by atoms with Crippen molar-refractivity contribution in [2.75, 3.05) is 0 Å². The third-order valence-electron chi connectivity index (χ3n) is 3.61. The topological polar surface area (TPSA) is 0 Å². The normalized spacial score (nSPS) is 22.8. The van der Waals surface area contributed by atoms with Gasteiger partial charge in [0.2, 0.25) is 0 Å². The van der Waals surface area contributed by atoms with E-state index in [2.05, 4.69) is 58.4 Å². The Labute approximate surface area is 81.0 Å². The summed E-state index contributed by atoms with van der Waals surface area (Å²) in [5, 5.41) is 0. The molecule has 0 aromatic heterocycles. The Morgan fingerprint density at radius 1 is 1.00 bits per heavy atom. The van der Waals surface area contributed by atoms with Gasteiger partial charge >= 0.3 is 0 Å². The molecule has 2 rings (SSSR count). The first-order chi connectivity index (χ1) is 5.95. The molecule has 1 aliphatic carbocycles. The van der Waals surface area contributed by atoms with Crippen molar-refractivity contribution in [3.8, 4) is 0 Å². The number of fused-ring (bicyclic) bond motifs is 1. The molecule has 0 saturated carbocycles. The van der Waals surface area contributed by atoms with Gasteiger partial charge in [-0.25, -0.2) is 0 Å². The standard InChI is InChI=1S/C13H16/c1-12(2)9-10-7-5-6-8-11(10)13(12,3)4/h5-8H,1-4H3. The van der Waals surface area contributed by atoms with Crippen LogP contribution in [0.2, 0.25) is 0 Å². The van der Waals surface area contributed by atoms with Crippen LogP contribution in [0.3, 0.4) is 0 Å². The molecule has 0 aliphatic heterocycles. The van der Waals surface area contributed by atoms with E-state index in [1.165, 1.54) is 11.1 Å². The summed E-state index contributed by atoms with van der Waals surface area (Å²) in [7, 11) is 0. The van der Waals surface area contributed by atoms with E-state index in [1.54, 1.807) is 0 Å². The highest BCUT2D eigenvalue weighted by Gasteiger charge is 2.45. The van der Waals surface area contributed by atoms with Crippen LogP contribution in [0.4, 0.5) is 0 Å². The zero-order valence-corrected chi connectivity index (χ0v) is 8.81. The fourth-order valence-corrected chi connectivity index (χ4v) is 1.97. The molecule has 0 amide bonds. The quantitative estimate of drug-likeness (QED) is 0.562. The number of hydrogen-bond acceptors (Lipinski definition) is 0. The van der Waals surface area contributed by atoms with Crippen LogP contribution in [0, 0.1) is 11.8 Å². The van der Waals surface area contributed by atoms with Gasteiger partial charge < -0.3 is 0 Å². The summed E-state index contributed by atoms with van der Waals surface area (Å²) in [4.78, 5) is 0. The van der Waals surface area contributed by atoms with Gasteiger partial charge in [-0.15, -0.1) is 0 Å². The Morgan fingerprint density at radius 3 is 2.23 bits per heavy atom. The zero-order chi connectivity index (χ0) is 9.69. The molecule has 1 aromatic carbocycles. The third-order valence-corrected chi connectivity index (χ3v) is 3.61. The van der Waals surface area contributed by atoms with E-state index >= 15 is 0 Å². The van der Waals surface area contributed by atoms with Crippen molar-refractivity contribution in [2.24, 2.45) is 5.41 Å². The van der Waals surface area contributed by atoms with Crippen molar-refractivity contribution in [1.29, 1.82) is 0 Å². The van der Waals surface area contributed by atoms with Gasteiger partial charge in [-0.2, -0.15) is 0 Å². The minimum atomic E-state index is 0.149. The van der Waals surface area contributed by atoms with Crippen molar-refractivity contribution in [3.05, 3.63) is 41.8 Å². The lowest BCUT2D eigenvalue weighted by molar-refractivity contribution is 0.271. The van der Waals surface area contributed by atoms with Gasteiger partial charge in [-0.3, -0.25) is 0 Å². The lowest BCUT2D eigenvalue weighted by Crippen LogP contribution is -2.31. The molecule has 0 heterocycles. The van der Waals surface area contributed by atoms with E-state index in [9.17, 15) is 0 Å². The van der Waals surface area contributed by atoms with Crippen LogP contribution in [0.15, 0.2) is 24.3 Å². The van der Waals surface area contributed by atoms with Crippen LogP contribution >= 0.6 is 0 Å². The maximum absolute atomic E-state index is 3.56. The maximum atomic E-state index is 3.56. The molecule has 2 radical (unpaired) electrons. The summed E-state index contributed by atoms with van der Waals surface area (Å²) in [6.07, 6.45) is 3.56. The lowest BCUT2D eigenvalue weighted by atomic mass is 9.69. The lowest BCUT2D eigenvalue weighted by Gasteiger charge is -2.35. The minimum Gasteiger partial charge on any atom is -0.0620 e. The van der Waals surface area contributed by atoms with E-state index in [-0.39, 0.29) is 10.8 Å². The molecule has 0 fully saturated rings. The molecule has 0 saturated heterocycles. The fraction of sp³-hybridized carbons (Fsp3) is 0.462. The van der Waals surface area contributed by atoms with Gasteiger partial charge in [0.25, 0.3) is 0 Å². The zero-order valence-electron chi connectivity index (χ0n) is 8.81. The minimum absolute atomic E-state index is 0.149. The third kappa shape index (κ3) is 1.04. The van der Waals surface area contributed by atoms with Gasteiger partial charge in [0.05, 0.1) is 0 Å². The molecule has 0 spiro atoms. The van der Waals surface area contributed by atoms with Crippen LogP contribution in [0.5, 0.6) is 0 Å². The monoisotopic (exact) mass is 172 g/mol. The van der Waals surface area contributed by atoms with E-state index in [0.29, 0.717) is 0 Å². The van der Waals surface area contributed by atoms with E-state index in [0.717, 1.165) is 0 Å². The molecule has 68 valence electrons. The van der Waals surface area contributed by atoms with Gasteiger partial charge in [0, 0.05) is 6.42 Å². The second-order valence-corrected chi connectivity index (χ2v) is 4.92. The molecule has 0 nitrogen and oxygen atoms in total. The van der Waals surface area contributed by atoms with Gasteiger partial charge in [0.1, 0.15) is 0 Å². The molecule has 0 N–H and O–H groups in total. The number of rotatable bonds is 0. The first-order valence-electron chi connectivity index (χ1n) is 4.83. The molecule has 1 aliphatic rings. The summed E-state index contributed by atoms with van der Waals surface area (Å²) >= 11 is 0. The SMILES string of the molecule is CC1(C)[C]c2ccccc2C1(C)C. The van der Waals surface area contributed by atoms with Crippen molar-refractivity contribution in [2.45, 2.75) is 33.1 Å². The molecule has 0 bridgehead atoms. The largest absolute Gasteiger partial charge is 0.0620 e. The molecule has 1 aromatic rings. The first kappa shape index (κ1) is 8.80. The van der Waals surface area contributed by atoms with Crippen molar-refractivity contribution in [1.82, 2.24) is 0 Å². The van der Waals surface area contributed by atoms with E-state index in [1.807, 2.05) is 0 Å². The predicted octanol–water partition coefficient (Wildman–Crippen LogP) is 3.43. The highest BCUT2D eigenvalue weighted by Crippen LogP contribution is 2.52. The molecule has 0 unspecified atom stereocenters. The van der Waals surface area contributed by atoms with Gasteiger partial charge in [0.15, 0.2) is 0 Å². The van der Waals surface area contributed by atoms with Crippen molar-refractivity contribution < 1.29 is 0 Å². The second kappa shape index (κ2) is 2.37. The summed E-state index contributed by atoms with van der Waals surface area (Å²) in [6, 6.07) is 8.58. The summed E-state index contributed by atoms with van der Waals surface area (Å²) in [6.45, 7) is 9.11. The average Bonchev–Trinajstić information content (AvgIpc) is 2.20. The molecule has 13 heavy (non-hydrogen) atoms. The van der Waals surface area contributed by atoms with Crippen LogP contribution in [-0.4, -0.2) is 0 Å². The highest BCUT2D eigenvalue weighted by atomic mass is 14.5. The first-order valence-corrected chi connectivity index (χ1v) is 4.83. The summed E-state index contributed by atoms with van der Waals surface area (Å²) < 4.78 is 0. The van der Waals surface area contributed by atoms with Crippen LogP contribution in [0.25, 0.3) is 0 Å². The van der Waals surface area contributed by atoms with Crippen molar-refractivity contribution >= 4 is 0 Å². The Balaban J connectivity index is 2.60. The number of benzene rings is 1. The van der Waals surface area contributed by atoms with Gasteiger partial charge in [-0.1, -0.05) is 52.0 Å². The summed E-state index contributed by atoms with van der Waals surface area (Å²) in [5.41, 5.74) is 3.08. The highest BCUT2D eigenvalue weighted by molar-refractivity contribution is 5.47. The smallest absolute Gasteiger partial charge is 0.0238 e. The molecule has 0 atom stereocenters. The maximum Gasteiger partial charge on any atom is 0.0238 e. The second-order valence-electron chi connectivity index (χ2n) is 4.92. The van der Waals surface area contributed by atoms with E-state index in [4.69, 9.17) is 0 Å². The van der Waals surface area contributed by atoms with E-state index < -0.39 is 0 Å². The van der Waals surface area contributed by atoms with Crippen molar-refractivity contribution in [3.63, 3.8) is 0 Å². The summed E-state index contributed by atoms with van der Waals surface area (Å²) in [5.74, 6) is 0. The molecule has 0 heteroatoms. The average molecular weight is 172 g/mol. The van der Waals surface area contributed by atoms with Crippen LogP contribution < -0.4 is 0 Å². The predicted molar refractivity (Wildman–Crippen MR) is 55.6 cm³/mol. The Morgan fingerprint density at radius 2 is 1.62 bits per heavy atom. The Bertz CT molecular complexity index is 332. The molecular formula is C13H16. The number of hydrogen-bond donors (Lipinski definition) is 0.